The van der Waals surface area contributed by atoms with Crippen molar-refractivity contribution in [2.24, 2.45) is 0 Å². The lowest BCUT2D eigenvalue weighted by Crippen LogP contribution is -2.44. The van der Waals surface area contributed by atoms with E-state index in [1.807, 2.05) is 0 Å². The molecule has 2 aromatic rings. The third-order valence-electron chi connectivity index (χ3n) is 4.30. The van der Waals surface area contributed by atoms with Crippen LogP contribution in [0.2, 0.25) is 10.0 Å². The van der Waals surface area contributed by atoms with Gasteiger partial charge in [0.05, 0.1) is 0 Å². The van der Waals surface area contributed by atoms with E-state index in [0.717, 1.165) is 12.8 Å². The van der Waals surface area contributed by atoms with Crippen LogP contribution in [0, 0.1) is 0 Å². The van der Waals surface area contributed by atoms with Gasteiger partial charge < -0.3 is 10.1 Å². The van der Waals surface area contributed by atoms with Crippen LogP contribution in [0.25, 0.3) is 0 Å². The second-order valence-electron chi connectivity index (χ2n) is 5.75. The summed E-state index contributed by atoms with van der Waals surface area (Å²) in [6, 6.07) is 7.01. The average molecular weight is 370 g/mol. The number of nitrogens with one attached hydrogen (secondary N) is 1. The Morgan fingerprint density at radius 1 is 1.22 bits per heavy atom. The summed E-state index contributed by atoms with van der Waals surface area (Å²) in [4.78, 5) is 12.4. The molecule has 0 atom stereocenters. The van der Waals surface area contributed by atoms with Crippen LogP contribution < -0.4 is 5.32 Å². The Hall–Kier alpha value is -1.07. The molecule has 2 heterocycles. The molecule has 1 amide bonds. The number of rotatable bonds is 4. The van der Waals surface area contributed by atoms with Crippen LogP contribution in [0.4, 0.5) is 0 Å². The van der Waals surface area contributed by atoms with Crippen LogP contribution in [0.1, 0.15) is 28.8 Å². The van der Waals surface area contributed by atoms with E-state index in [2.05, 4.69) is 22.1 Å². The summed E-state index contributed by atoms with van der Waals surface area (Å²) in [5, 5.41) is 8.20. The van der Waals surface area contributed by atoms with Crippen molar-refractivity contribution >= 4 is 40.4 Å². The Labute approximate surface area is 149 Å². The highest BCUT2D eigenvalue weighted by Gasteiger charge is 2.35. The average Bonchev–Trinajstić information content (AvgIpc) is 3.07. The first kappa shape index (κ1) is 16.8. The highest BCUT2D eigenvalue weighted by Crippen LogP contribution is 2.35. The standard InChI is InChI=1S/C17H17Cl2NO2S/c18-14-7-12(8-15(19)9-14)16(21)20-11-17(2-4-22-5-3-17)13-1-6-23-10-13/h1,6-10H,2-5,11H2,(H,20,21). The van der Waals surface area contributed by atoms with Gasteiger partial charge in [-0.3, -0.25) is 4.79 Å². The lowest BCUT2D eigenvalue weighted by Gasteiger charge is -2.37. The summed E-state index contributed by atoms with van der Waals surface area (Å²) < 4.78 is 5.50. The molecule has 0 aliphatic carbocycles. The molecule has 0 spiro atoms. The quantitative estimate of drug-likeness (QED) is 0.859. The van der Waals surface area contributed by atoms with Gasteiger partial charge in [-0.05, 0) is 53.4 Å². The topological polar surface area (TPSA) is 38.3 Å². The number of carbonyl (C=O) groups is 1. The number of carbonyl (C=O) groups excluding carboxylic acids is 1. The van der Waals surface area contributed by atoms with E-state index in [-0.39, 0.29) is 11.3 Å². The molecular weight excluding hydrogens is 353 g/mol. The maximum atomic E-state index is 12.4. The maximum absolute atomic E-state index is 12.4. The predicted molar refractivity (Wildman–Crippen MR) is 94.8 cm³/mol. The Morgan fingerprint density at radius 3 is 2.52 bits per heavy atom. The van der Waals surface area contributed by atoms with Gasteiger partial charge in [0.2, 0.25) is 0 Å². The molecule has 0 saturated carbocycles. The lowest BCUT2D eigenvalue weighted by atomic mass is 9.75. The van der Waals surface area contributed by atoms with E-state index in [1.165, 1.54) is 5.56 Å². The summed E-state index contributed by atoms with van der Waals surface area (Å²) in [7, 11) is 0. The zero-order chi connectivity index (χ0) is 16.3. The van der Waals surface area contributed by atoms with Crippen LogP contribution in [0.5, 0.6) is 0 Å². The summed E-state index contributed by atoms with van der Waals surface area (Å²) in [5.74, 6) is -0.157. The van der Waals surface area contributed by atoms with Gasteiger partial charge in [-0.15, -0.1) is 0 Å². The molecule has 3 rings (SSSR count). The zero-order valence-electron chi connectivity index (χ0n) is 12.5. The largest absolute Gasteiger partial charge is 0.381 e. The molecule has 1 N–H and O–H groups in total. The summed E-state index contributed by atoms with van der Waals surface area (Å²) in [5.41, 5.74) is 1.70. The third-order valence-corrected chi connectivity index (χ3v) is 5.42. The molecule has 1 aromatic carbocycles. The molecule has 3 nitrogen and oxygen atoms in total. The van der Waals surface area contributed by atoms with Gasteiger partial charge in [0, 0.05) is 40.8 Å². The second-order valence-corrected chi connectivity index (χ2v) is 7.40. The minimum absolute atomic E-state index is 0.0592. The molecule has 0 radical (unpaired) electrons. The molecule has 1 aliphatic rings. The van der Waals surface area contributed by atoms with Crippen molar-refractivity contribution in [3.8, 4) is 0 Å². The van der Waals surface area contributed by atoms with Gasteiger partial charge in [0.25, 0.3) is 5.91 Å². The Bertz CT molecular complexity index is 662. The van der Waals surface area contributed by atoms with Crippen molar-refractivity contribution in [3.05, 3.63) is 56.2 Å². The van der Waals surface area contributed by atoms with Crippen LogP contribution in [-0.2, 0) is 10.2 Å². The van der Waals surface area contributed by atoms with E-state index < -0.39 is 0 Å². The van der Waals surface area contributed by atoms with Crippen molar-refractivity contribution in [1.29, 1.82) is 0 Å². The molecule has 1 fully saturated rings. The fraction of sp³-hybridized carbons (Fsp3) is 0.353. The molecule has 122 valence electrons. The van der Waals surface area contributed by atoms with Gasteiger partial charge in [0.1, 0.15) is 0 Å². The van der Waals surface area contributed by atoms with Crippen molar-refractivity contribution in [1.82, 2.24) is 5.32 Å². The number of halogens is 2. The van der Waals surface area contributed by atoms with Crippen LogP contribution in [0.15, 0.2) is 35.0 Å². The van der Waals surface area contributed by atoms with E-state index in [0.29, 0.717) is 35.4 Å². The highest BCUT2D eigenvalue weighted by atomic mass is 35.5. The molecule has 1 saturated heterocycles. The molecule has 1 aromatic heterocycles. The number of hydrogen-bond donors (Lipinski definition) is 1. The Morgan fingerprint density at radius 2 is 1.91 bits per heavy atom. The zero-order valence-corrected chi connectivity index (χ0v) is 14.8. The molecule has 23 heavy (non-hydrogen) atoms. The van der Waals surface area contributed by atoms with Crippen LogP contribution >= 0.6 is 34.5 Å². The van der Waals surface area contributed by atoms with Crippen LogP contribution in [-0.4, -0.2) is 25.7 Å². The first-order valence-corrected chi connectivity index (χ1v) is 9.14. The van der Waals surface area contributed by atoms with Gasteiger partial charge in [-0.2, -0.15) is 11.3 Å². The first-order chi connectivity index (χ1) is 11.1. The normalized spacial score (nSPS) is 17.0. The SMILES string of the molecule is O=C(NCC1(c2ccsc2)CCOCC1)c1cc(Cl)cc(Cl)c1. The lowest BCUT2D eigenvalue weighted by molar-refractivity contribution is 0.0488. The third kappa shape index (κ3) is 3.89. The monoisotopic (exact) mass is 369 g/mol. The highest BCUT2D eigenvalue weighted by molar-refractivity contribution is 7.08. The first-order valence-electron chi connectivity index (χ1n) is 7.44. The minimum atomic E-state index is -0.157. The fourth-order valence-electron chi connectivity index (χ4n) is 2.93. The number of thiophene rings is 1. The smallest absolute Gasteiger partial charge is 0.251 e. The van der Waals surface area contributed by atoms with Gasteiger partial charge in [-0.1, -0.05) is 23.2 Å². The molecule has 6 heteroatoms. The van der Waals surface area contributed by atoms with Crippen molar-refractivity contribution in [2.45, 2.75) is 18.3 Å². The molecule has 0 unspecified atom stereocenters. The van der Waals surface area contributed by atoms with E-state index in [1.54, 1.807) is 29.5 Å². The number of ether oxygens (including phenoxy) is 1. The van der Waals surface area contributed by atoms with E-state index >= 15 is 0 Å². The summed E-state index contributed by atoms with van der Waals surface area (Å²) in [6.07, 6.45) is 1.81. The number of benzene rings is 1. The minimum Gasteiger partial charge on any atom is -0.381 e. The van der Waals surface area contributed by atoms with Gasteiger partial charge in [-0.25, -0.2) is 0 Å². The number of hydrogen-bond acceptors (Lipinski definition) is 3. The fourth-order valence-corrected chi connectivity index (χ4v) is 4.24. The number of amides is 1. The Kier molecular flexibility index (Phi) is 5.27. The molecule has 1 aliphatic heterocycles. The summed E-state index contributed by atoms with van der Waals surface area (Å²) >= 11 is 13.6. The van der Waals surface area contributed by atoms with E-state index in [4.69, 9.17) is 27.9 Å². The van der Waals surface area contributed by atoms with Crippen molar-refractivity contribution in [3.63, 3.8) is 0 Å². The maximum Gasteiger partial charge on any atom is 0.251 e. The van der Waals surface area contributed by atoms with Crippen molar-refractivity contribution < 1.29 is 9.53 Å². The van der Waals surface area contributed by atoms with Gasteiger partial charge in [0.15, 0.2) is 0 Å². The molecule has 0 bridgehead atoms. The van der Waals surface area contributed by atoms with E-state index in [9.17, 15) is 4.79 Å². The van der Waals surface area contributed by atoms with Gasteiger partial charge >= 0.3 is 0 Å². The van der Waals surface area contributed by atoms with Crippen LogP contribution in [0.3, 0.4) is 0 Å². The second kappa shape index (κ2) is 7.22. The molecular formula is C17H17Cl2NO2S. The Balaban J connectivity index is 1.75. The summed E-state index contributed by atoms with van der Waals surface area (Å²) in [6.45, 7) is 2.01. The van der Waals surface area contributed by atoms with Crippen molar-refractivity contribution in [2.75, 3.05) is 19.8 Å². The predicted octanol–water partition coefficient (Wildman–Crippen LogP) is 4.53.